The minimum absolute atomic E-state index is 0.0152. The first-order chi connectivity index (χ1) is 8.93. The summed E-state index contributed by atoms with van der Waals surface area (Å²) in [4.78, 5) is 12.0. The van der Waals surface area contributed by atoms with Crippen LogP contribution in [0.15, 0.2) is 18.2 Å². The molecule has 1 rings (SSSR count). The Labute approximate surface area is 128 Å². The van der Waals surface area contributed by atoms with Crippen molar-refractivity contribution in [2.24, 2.45) is 5.92 Å². The van der Waals surface area contributed by atoms with Gasteiger partial charge < -0.3 is 0 Å². The normalized spacial score (nSPS) is 12.0. The summed E-state index contributed by atoms with van der Waals surface area (Å²) in [6.45, 7) is 6.47. The van der Waals surface area contributed by atoms with Crippen molar-refractivity contribution in [2.45, 2.75) is 27.2 Å². The summed E-state index contributed by atoms with van der Waals surface area (Å²) in [5.74, 6) is 0.203. The van der Waals surface area contributed by atoms with E-state index in [1.54, 1.807) is 18.2 Å². The van der Waals surface area contributed by atoms with Crippen LogP contribution in [0.4, 0.5) is 0 Å². The molecular weight excluding hydrogens is 303 g/mol. The van der Waals surface area contributed by atoms with Crippen LogP contribution in [0.5, 0.6) is 0 Å². The minimum Gasteiger partial charge on any atom is -0.286 e. The van der Waals surface area contributed by atoms with Crippen LogP contribution in [-0.4, -0.2) is 16.8 Å². The molecule has 1 aromatic rings. The molecule has 0 unspecified atom stereocenters. The molecule has 19 heavy (non-hydrogen) atoms. The third kappa shape index (κ3) is 5.55. The molecule has 0 atom stereocenters. The van der Waals surface area contributed by atoms with Crippen molar-refractivity contribution in [2.75, 3.05) is 6.61 Å². The molecule has 104 valence electrons. The van der Waals surface area contributed by atoms with Crippen molar-refractivity contribution in [3.8, 4) is 0 Å². The largest absolute Gasteiger partial charge is 0.364 e. The molecule has 0 radical (unpaired) electrons. The van der Waals surface area contributed by atoms with E-state index in [0.717, 1.165) is 22.4 Å². The second-order valence-corrected chi connectivity index (χ2v) is 6.20. The number of carbonyl (C=O) groups excluding carboxylic acids is 2. The Balaban J connectivity index is 2.72. The Morgan fingerprint density at radius 2 is 2.05 bits per heavy atom. The van der Waals surface area contributed by atoms with Gasteiger partial charge in [-0.15, -0.1) is 0 Å². The molecule has 0 amide bonds. The average molecular weight is 320 g/mol. The Hall–Kier alpha value is -0.510. The lowest BCUT2D eigenvalue weighted by Gasteiger charge is -2.03. The van der Waals surface area contributed by atoms with Crippen molar-refractivity contribution in [1.82, 2.24) is 0 Å². The molecule has 0 saturated carbocycles. The predicted octanol–water partition coefficient (Wildman–Crippen LogP) is 4.53. The van der Waals surface area contributed by atoms with Crippen LogP contribution in [0.2, 0.25) is 10.0 Å². The van der Waals surface area contributed by atoms with Gasteiger partial charge >= 0.3 is 5.12 Å². The fourth-order valence-corrected chi connectivity index (χ4v) is 2.76. The summed E-state index contributed by atoms with van der Waals surface area (Å²) >= 11 is 13.0. The quantitative estimate of drug-likeness (QED) is 0.762. The first kappa shape index (κ1) is 16.5. The second-order valence-electron chi connectivity index (χ2n) is 4.29. The number of rotatable bonds is 4. The van der Waals surface area contributed by atoms with Gasteiger partial charge in [-0.1, -0.05) is 29.3 Å². The van der Waals surface area contributed by atoms with E-state index in [9.17, 15) is 4.79 Å². The number of halogens is 2. The zero-order chi connectivity index (χ0) is 14.4. The van der Waals surface area contributed by atoms with E-state index in [0.29, 0.717) is 16.7 Å². The highest BCUT2D eigenvalue weighted by Crippen LogP contribution is 2.23. The summed E-state index contributed by atoms with van der Waals surface area (Å²) in [7, 11) is 0. The van der Waals surface area contributed by atoms with E-state index in [1.807, 2.05) is 20.8 Å². The Morgan fingerprint density at radius 3 is 2.58 bits per heavy atom. The van der Waals surface area contributed by atoms with E-state index in [4.69, 9.17) is 27.6 Å². The Morgan fingerprint density at radius 1 is 1.37 bits per heavy atom. The Bertz CT molecular complexity index is 484. The molecule has 0 aliphatic heterocycles. The molecule has 0 aliphatic rings. The van der Waals surface area contributed by atoms with Crippen LogP contribution >= 0.6 is 35.0 Å². The number of thioether (sulfide) groups is 1. The first-order valence-electron chi connectivity index (χ1n) is 6.08. The van der Waals surface area contributed by atoms with Crippen LogP contribution in [0.3, 0.4) is 0 Å². The maximum absolute atomic E-state index is 12.0. The second kappa shape index (κ2) is 7.93. The maximum Gasteiger partial charge on any atom is 0.364 e. The lowest BCUT2D eigenvalue weighted by atomic mass is 10.2. The Kier molecular flexibility index (Phi) is 6.90. The fraction of sp³-hybridized carbons (Fsp3) is 0.429. The lowest BCUT2D eigenvalue weighted by Crippen LogP contribution is -2.11. The van der Waals surface area contributed by atoms with Gasteiger partial charge in [-0.3, -0.25) is 9.22 Å². The number of hydrogen-bond acceptors (Lipinski definition) is 2. The van der Waals surface area contributed by atoms with Crippen molar-refractivity contribution in [1.29, 1.82) is 0 Å². The minimum atomic E-state index is 0.0152. The molecule has 0 aliphatic carbocycles. The third-order valence-corrected chi connectivity index (χ3v) is 4.07. The smallest absolute Gasteiger partial charge is 0.286 e. The molecule has 0 bridgehead atoms. The lowest BCUT2D eigenvalue weighted by molar-refractivity contribution is -0.451. The van der Waals surface area contributed by atoms with E-state index >= 15 is 0 Å². The van der Waals surface area contributed by atoms with Crippen molar-refractivity contribution in [3.63, 3.8) is 0 Å². The summed E-state index contributed by atoms with van der Waals surface area (Å²) in [5.41, 5.74) is 0.781. The van der Waals surface area contributed by atoms with Crippen molar-refractivity contribution >= 4 is 45.2 Å². The average Bonchev–Trinajstić information content (AvgIpc) is 2.32. The van der Waals surface area contributed by atoms with Crippen LogP contribution in [0, 0.1) is 5.92 Å². The van der Waals surface area contributed by atoms with Gasteiger partial charge in [-0.2, -0.15) is 0 Å². The van der Waals surface area contributed by atoms with E-state index in [2.05, 4.69) is 0 Å². The van der Waals surface area contributed by atoms with Crippen LogP contribution < -0.4 is 0 Å². The highest BCUT2D eigenvalue weighted by atomic mass is 35.5. The van der Waals surface area contributed by atoms with Gasteiger partial charge in [0.25, 0.3) is 6.61 Å². The zero-order valence-corrected chi connectivity index (χ0v) is 13.5. The van der Waals surface area contributed by atoms with Gasteiger partial charge in [0.1, 0.15) is 0 Å². The van der Waals surface area contributed by atoms with E-state index in [-0.39, 0.29) is 17.5 Å². The van der Waals surface area contributed by atoms with Gasteiger partial charge in [-0.05, 0) is 31.5 Å². The van der Waals surface area contributed by atoms with Crippen LogP contribution in [-0.2, 0) is 15.6 Å². The third-order valence-electron chi connectivity index (χ3n) is 2.32. The topological polar surface area (TPSA) is 28.4 Å². The number of carbonyl (C=O) groups is 1. The molecule has 1 aromatic carbocycles. The van der Waals surface area contributed by atoms with Crippen molar-refractivity contribution < 1.29 is 9.22 Å². The SMILES string of the molecule is CC[O+]=C(SC(=O)Cc1ccc(Cl)cc1Cl)C(C)C. The van der Waals surface area contributed by atoms with Crippen LogP contribution in [0.1, 0.15) is 26.3 Å². The number of benzene rings is 1. The van der Waals surface area contributed by atoms with Gasteiger partial charge in [0, 0.05) is 35.2 Å². The molecule has 2 nitrogen and oxygen atoms in total. The predicted molar refractivity (Wildman–Crippen MR) is 83.2 cm³/mol. The van der Waals surface area contributed by atoms with Gasteiger partial charge in [0.05, 0.1) is 5.92 Å². The molecule has 0 fully saturated rings. The molecular formula is C14H17Cl2O2S+. The van der Waals surface area contributed by atoms with Gasteiger partial charge in [0.15, 0.2) is 0 Å². The molecule has 0 N–H and O–H groups in total. The van der Waals surface area contributed by atoms with Crippen LogP contribution in [0.25, 0.3) is 0 Å². The first-order valence-corrected chi connectivity index (χ1v) is 7.65. The monoisotopic (exact) mass is 319 g/mol. The van der Waals surface area contributed by atoms with Gasteiger partial charge in [0.2, 0.25) is 5.12 Å². The zero-order valence-electron chi connectivity index (χ0n) is 11.2. The summed E-state index contributed by atoms with van der Waals surface area (Å²) in [6.07, 6.45) is 0.268. The van der Waals surface area contributed by atoms with E-state index < -0.39 is 0 Å². The van der Waals surface area contributed by atoms with Gasteiger partial charge in [-0.25, -0.2) is 0 Å². The standard InChI is InChI=1S/C14H17Cl2O2S/c1-4-18-14(9(2)3)19-13(17)7-10-5-6-11(15)8-12(10)16/h5-6,8-9H,4,7H2,1-3H3/q+1. The summed E-state index contributed by atoms with van der Waals surface area (Å²) in [5, 5.41) is 1.85. The van der Waals surface area contributed by atoms with E-state index in [1.165, 1.54) is 0 Å². The summed E-state index contributed by atoms with van der Waals surface area (Å²) < 4.78 is 5.47. The summed E-state index contributed by atoms with van der Waals surface area (Å²) in [6, 6.07) is 5.15. The molecule has 0 aromatic heterocycles. The molecule has 0 heterocycles. The number of hydrogen-bond donors (Lipinski definition) is 0. The highest BCUT2D eigenvalue weighted by molar-refractivity contribution is 8.26. The highest BCUT2D eigenvalue weighted by Gasteiger charge is 2.23. The fourth-order valence-electron chi connectivity index (χ4n) is 1.43. The van der Waals surface area contributed by atoms with Crippen molar-refractivity contribution in [3.05, 3.63) is 33.8 Å². The molecule has 0 saturated heterocycles. The maximum atomic E-state index is 12.0. The molecule has 0 spiro atoms. The molecule has 5 heteroatoms.